The Kier molecular flexibility index (Phi) is 3.19. The fourth-order valence-corrected chi connectivity index (χ4v) is 2.19. The van der Waals surface area contributed by atoms with Crippen molar-refractivity contribution in [3.8, 4) is 11.3 Å². The summed E-state index contributed by atoms with van der Waals surface area (Å²) >= 11 is 5.79. The van der Waals surface area contributed by atoms with E-state index in [2.05, 4.69) is 9.97 Å². The minimum atomic E-state index is -1.03. The van der Waals surface area contributed by atoms with Gasteiger partial charge in [0.2, 0.25) is 5.78 Å². The van der Waals surface area contributed by atoms with Crippen LogP contribution >= 0.6 is 11.6 Å². The molecule has 0 saturated heterocycles. The maximum Gasteiger partial charge on any atom is 0.234 e. The van der Waals surface area contributed by atoms with E-state index in [-0.39, 0.29) is 5.02 Å². The van der Waals surface area contributed by atoms with Crippen LogP contribution in [0, 0.1) is 5.82 Å². The quantitative estimate of drug-likeness (QED) is 0.789. The summed E-state index contributed by atoms with van der Waals surface area (Å²) in [6, 6.07) is 6.17. The van der Waals surface area contributed by atoms with E-state index in [4.69, 9.17) is 11.6 Å². The highest BCUT2D eigenvalue weighted by molar-refractivity contribution is 6.31. The molecule has 108 valence electrons. The molecule has 0 atom stereocenters. The number of fused-ring (bicyclic) bond motifs is 1. The van der Waals surface area contributed by atoms with Gasteiger partial charge >= 0.3 is 0 Å². The molecular formula is C15H13ClFN3O. The molecule has 0 aliphatic heterocycles. The van der Waals surface area contributed by atoms with Gasteiger partial charge in [-0.2, -0.15) is 0 Å². The summed E-state index contributed by atoms with van der Waals surface area (Å²) in [6.07, 6.45) is 3.55. The van der Waals surface area contributed by atoms with Gasteiger partial charge in [0.25, 0.3) is 0 Å². The lowest BCUT2D eigenvalue weighted by Crippen LogP contribution is -2.17. The topological polar surface area (TPSA) is 50.4 Å². The lowest BCUT2D eigenvalue weighted by Gasteiger charge is -2.15. The van der Waals surface area contributed by atoms with Crippen LogP contribution in [0.15, 0.2) is 36.7 Å². The molecule has 4 nitrogen and oxygen atoms in total. The minimum Gasteiger partial charge on any atom is -0.384 e. The Morgan fingerprint density at radius 3 is 2.67 bits per heavy atom. The van der Waals surface area contributed by atoms with Crippen molar-refractivity contribution in [2.45, 2.75) is 19.4 Å². The van der Waals surface area contributed by atoms with Crippen molar-refractivity contribution in [3.05, 3.63) is 53.2 Å². The lowest BCUT2D eigenvalue weighted by atomic mass is 10.1. The average molecular weight is 306 g/mol. The first-order chi connectivity index (χ1) is 9.84. The van der Waals surface area contributed by atoms with Gasteiger partial charge in [-0.05, 0) is 38.1 Å². The molecule has 0 amide bonds. The van der Waals surface area contributed by atoms with Crippen LogP contribution in [0.5, 0.6) is 0 Å². The van der Waals surface area contributed by atoms with Gasteiger partial charge < -0.3 is 5.11 Å². The summed E-state index contributed by atoms with van der Waals surface area (Å²) < 4.78 is 14.9. The van der Waals surface area contributed by atoms with E-state index in [1.54, 1.807) is 42.8 Å². The molecular weight excluding hydrogens is 293 g/mol. The first-order valence-electron chi connectivity index (χ1n) is 6.38. The molecule has 1 N–H and O–H groups in total. The number of hydrogen-bond acceptors (Lipinski definition) is 3. The summed E-state index contributed by atoms with van der Waals surface area (Å²) in [5.74, 6) is -0.00306. The Bertz CT molecular complexity index is 823. The molecule has 0 aliphatic rings. The van der Waals surface area contributed by atoms with Crippen LogP contribution in [0.4, 0.5) is 4.39 Å². The normalized spacial score (nSPS) is 12.0. The Hall–Kier alpha value is -1.98. The number of imidazole rings is 1. The first-order valence-corrected chi connectivity index (χ1v) is 6.76. The van der Waals surface area contributed by atoms with E-state index >= 15 is 0 Å². The summed E-state index contributed by atoms with van der Waals surface area (Å²) in [6.45, 7) is 3.32. The summed E-state index contributed by atoms with van der Waals surface area (Å²) in [5.41, 5.74) is 0.839. The SMILES string of the molecule is CC(C)(O)c1ccn2cc(-c3ccc(F)c(Cl)c3)nc2n1. The highest BCUT2D eigenvalue weighted by Gasteiger charge is 2.18. The predicted octanol–water partition coefficient (Wildman–Crippen LogP) is 3.42. The fourth-order valence-electron chi connectivity index (χ4n) is 2.01. The van der Waals surface area contributed by atoms with Crippen molar-refractivity contribution in [1.29, 1.82) is 0 Å². The summed E-state index contributed by atoms with van der Waals surface area (Å²) in [7, 11) is 0. The van der Waals surface area contributed by atoms with Gasteiger partial charge in [-0.1, -0.05) is 11.6 Å². The number of benzene rings is 1. The number of aliphatic hydroxyl groups is 1. The monoisotopic (exact) mass is 305 g/mol. The number of halogens is 2. The van der Waals surface area contributed by atoms with E-state index in [0.29, 0.717) is 22.7 Å². The van der Waals surface area contributed by atoms with Gasteiger partial charge in [0.1, 0.15) is 11.4 Å². The highest BCUT2D eigenvalue weighted by atomic mass is 35.5. The third-order valence-electron chi connectivity index (χ3n) is 3.17. The molecule has 1 aromatic carbocycles. The van der Waals surface area contributed by atoms with Crippen LogP contribution in [0.2, 0.25) is 5.02 Å². The second kappa shape index (κ2) is 4.79. The Morgan fingerprint density at radius 2 is 2.00 bits per heavy atom. The number of rotatable bonds is 2. The van der Waals surface area contributed by atoms with Crippen molar-refractivity contribution in [2.75, 3.05) is 0 Å². The maximum atomic E-state index is 13.2. The molecule has 0 saturated carbocycles. The van der Waals surface area contributed by atoms with Gasteiger partial charge in [0.05, 0.1) is 16.4 Å². The van der Waals surface area contributed by atoms with Crippen LogP contribution in [0.25, 0.3) is 17.0 Å². The molecule has 0 aliphatic carbocycles. The third-order valence-corrected chi connectivity index (χ3v) is 3.46. The van der Waals surface area contributed by atoms with Crippen molar-refractivity contribution < 1.29 is 9.50 Å². The van der Waals surface area contributed by atoms with Crippen LogP contribution in [-0.4, -0.2) is 19.5 Å². The van der Waals surface area contributed by atoms with E-state index in [1.807, 2.05) is 0 Å². The van der Waals surface area contributed by atoms with Crippen LogP contribution < -0.4 is 0 Å². The summed E-state index contributed by atoms with van der Waals surface area (Å²) in [5, 5.41) is 10.0. The molecule has 3 rings (SSSR count). The molecule has 0 fully saturated rings. The van der Waals surface area contributed by atoms with Gasteiger partial charge in [0, 0.05) is 18.0 Å². The molecule has 2 heterocycles. The Labute approximate surface area is 125 Å². The van der Waals surface area contributed by atoms with Crippen molar-refractivity contribution in [2.24, 2.45) is 0 Å². The first kappa shape index (κ1) is 14.0. The maximum absolute atomic E-state index is 13.2. The zero-order chi connectivity index (χ0) is 15.2. The van der Waals surface area contributed by atoms with Gasteiger partial charge in [-0.25, -0.2) is 14.4 Å². The fraction of sp³-hybridized carbons (Fsp3) is 0.200. The van der Waals surface area contributed by atoms with Crippen LogP contribution in [0.1, 0.15) is 19.5 Å². The minimum absolute atomic E-state index is 0.0506. The van der Waals surface area contributed by atoms with Gasteiger partial charge in [-0.15, -0.1) is 0 Å². The molecule has 21 heavy (non-hydrogen) atoms. The lowest BCUT2D eigenvalue weighted by molar-refractivity contribution is 0.0739. The van der Waals surface area contributed by atoms with E-state index in [1.165, 1.54) is 12.1 Å². The van der Waals surface area contributed by atoms with Crippen molar-refractivity contribution in [1.82, 2.24) is 14.4 Å². The number of hydrogen-bond donors (Lipinski definition) is 1. The van der Waals surface area contributed by atoms with E-state index in [9.17, 15) is 9.50 Å². The van der Waals surface area contributed by atoms with E-state index in [0.717, 1.165) is 0 Å². The molecule has 0 unspecified atom stereocenters. The second-order valence-electron chi connectivity index (χ2n) is 5.33. The zero-order valence-electron chi connectivity index (χ0n) is 11.5. The molecule has 0 spiro atoms. The number of aromatic nitrogens is 3. The largest absolute Gasteiger partial charge is 0.384 e. The average Bonchev–Trinajstić information content (AvgIpc) is 2.83. The Morgan fingerprint density at radius 1 is 1.24 bits per heavy atom. The van der Waals surface area contributed by atoms with Crippen molar-refractivity contribution >= 4 is 17.4 Å². The van der Waals surface area contributed by atoms with Gasteiger partial charge in [-0.3, -0.25) is 4.40 Å². The smallest absolute Gasteiger partial charge is 0.234 e. The highest BCUT2D eigenvalue weighted by Crippen LogP contribution is 2.25. The summed E-state index contributed by atoms with van der Waals surface area (Å²) in [4.78, 5) is 8.71. The molecule has 0 radical (unpaired) electrons. The molecule has 3 aromatic rings. The number of nitrogens with zero attached hydrogens (tertiary/aromatic N) is 3. The Balaban J connectivity index is 2.10. The molecule has 6 heteroatoms. The molecule has 2 aromatic heterocycles. The second-order valence-corrected chi connectivity index (χ2v) is 5.74. The van der Waals surface area contributed by atoms with Crippen LogP contribution in [0.3, 0.4) is 0 Å². The van der Waals surface area contributed by atoms with Crippen LogP contribution in [-0.2, 0) is 5.60 Å². The van der Waals surface area contributed by atoms with E-state index < -0.39 is 11.4 Å². The predicted molar refractivity (Wildman–Crippen MR) is 78.6 cm³/mol. The molecule has 0 bridgehead atoms. The zero-order valence-corrected chi connectivity index (χ0v) is 12.3. The van der Waals surface area contributed by atoms with Gasteiger partial charge in [0.15, 0.2) is 0 Å². The third kappa shape index (κ3) is 2.62. The standard InChI is InChI=1S/C15H13ClFN3O/c1-15(2,21)13-5-6-20-8-12(18-14(20)19-13)9-3-4-11(17)10(16)7-9/h3-8,21H,1-2H3. The van der Waals surface area contributed by atoms with Crippen molar-refractivity contribution in [3.63, 3.8) is 0 Å².